The Morgan fingerprint density at radius 3 is 2.24 bits per heavy atom. The molecular formula is C13H18N4O8. The van der Waals surface area contributed by atoms with Gasteiger partial charge in [0.1, 0.15) is 12.7 Å². The van der Waals surface area contributed by atoms with Gasteiger partial charge in [0.25, 0.3) is 0 Å². The molecule has 0 saturated carbocycles. The van der Waals surface area contributed by atoms with Crippen LogP contribution in [0.3, 0.4) is 0 Å². The van der Waals surface area contributed by atoms with E-state index < -0.39 is 48.1 Å². The lowest BCUT2D eigenvalue weighted by atomic mass is 10.1. The van der Waals surface area contributed by atoms with Crippen molar-refractivity contribution in [3.63, 3.8) is 0 Å². The molecule has 2 rings (SSSR count). The smallest absolute Gasteiger partial charge is 0.347 e. The molecule has 1 saturated heterocycles. The van der Waals surface area contributed by atoms with Crippen molar-refractivity contribution in [2.45, 2.75) is 45.3 Å². The molecule has 0 unspecified atom stereocenters. The molecule has 0 radical (unpaired) electrons. The molecule has 12 nitrogen and oxygen atoms in total. The van der Waals surface area contributed by atoms with E-state index >= 15 is 0 Å². The Balaban J connectivity index is 2.37. The van der Waals surface area contributed by atoms with Crippen molar-refractivity contribution in [3.05, 3.63) is 10.5 Å². The maximum atomic E-state index is 11.9. The van der Waals surface area contributed by atoms with Crippen molar-refractivity contribution in [1.29, 1.82) is 0 Å². The van der Waals surface area contributed by atoms with E-state index in [0.29, 0.717) is 0 Å². The number of hydrogen-bond donors (Lipinski definition) is 2. The number of rotatable bonds is 5. The zero-order valence-electron chi connectivity index (χ0n) is 13.8. The predicted octanol–water partition coefficient (Wildman–Crippen LogP) is -1.52. The second-order valence-electron chi connectivity index (χ2n) is 5.28. The molecule has 1 aliphatic heterocycles. The Labute approximate surface area is 141 Å². The highest BCUT2D eigenvalue weighted by molar-refractivity contribution is 5.67. The fourth-order valence-corrected chi connectivity index (χ4v) is 2.42. The normalized spacial score (nSPS) is 25.4. The number of aromatic amines is 1. The largest absolute Gasteiger partial charge is 0.463 e. The van der Waals surface area contributed by atoms with Gasteiger partial charge in [0.2, 0.25) is 5.95 Å². The molecule has 0 aliphatic carbocycles. The first-order chi connectivity index (χ1) is 11.7. The van der Waals surface area contributed by atoms with Crippen LogP contribution in [0.2, 0.25) is 0 Å². The molecule has 1 aromatic rings. The average molecular weight is 358 g/mol. The highest BCUT2D eigenvalue weighted by Gasteiger charge is 2.51. The molecule has 138 valence electrons. The van der Waals surface area contributed by atoms with Crippen molar-refractivity contribution < 1.29 is 33.3 Å². The molecule has 12 heteroatoms. The molecule has 0 bridgehead atoms. The summed E-state index contributed by atoms with van der Waals surface area (Å²) >= 11 is 0. The van der Waals surface area contributed by atoms with Crippen molar-refractivity contribution in [1.82, 2.24) is 14.8 Å². The van der Waals surface area contributed by atoms with Crippen molar-refractivity contribution in [2.24, 2.45) is 0 Å². The number of hydrogen-bond acceptors (Lipinski definition) is 10. The van der Waals surface area contributed by atoms with Gasteiger partial charge in [-0.05, 0) is 0 Å². The first kappa shape index (κ1) is 18.4. The maximum absolute atomic E-state index is 11.9. The van der Waals surface area contributed by atoms with E-state index in [1.165, 1.54) is 6.92 Å². The zero-order valence-corrected chi connectivity index (χ0v) is 13.8. The number of esters is 3. The Morgan fingerprint density at radius 1 is 1.16 bits per heavy atom. The van der Waals surface area contributed by atoms with E-state index in [0.717, 1.165) is 18.5 Å². The predicted molar refractivity (Wildman–Crippen MR) is 78.9 cm³/mol. The van der Waals surface area contributed by atoms with Gasteiger partial charge in [-0.15, -0.1) is 5.10 Å². The molecule has 0 aromatic carbocycles. The van der Waals surface area contributed by atoms with Gasteiger partial charge in [-0.3, -0.25) is 19.4 Å². The lowest BCUT2D eigenvalue weighted by Crippen LogP contribution is -2.41. The number of ether oxygens (including phenoxy) is 4. The number of carbonyl (C=O) groups is 3. The van der Waals surface area contributed by atoms with Crippen LogP contribution in [0.4, 0.5) is 5.95 Å². The standard InChI is InChI=1S/C13H18N4O8/c1-5(18)22-4-8-9(23-6(2)19)10(24-7(3)20)11(25-8)17-13(21)15-12(14)16-17/h8-11H,4H2,1-3H3,(H3,14,15,16,21)/t8-,9-,10-,11-/m1/s1. The number of anilines is 1. The Kier molecular flexibility index (Phi) is 5.41. The van der Waals surface area contributed by atoms with Gasteiger partial charge in [0.05, 0.1) is 0 Å². The van der Waals surface area contributed by atoms with E-state index in [9.17, 15) is 19.2 Å². The van der Waals surface area contributed by atoms with E-state index in [-0.39, 0.29) is 12.6 Å². The molecule has 1 aliphatic rings. The molecule has 0 spiro atoms. The van der Waals surface area contributed by atoms with E-state index in [2.05, 4.69) is 10.1 Å². The number of nitrogens with two attached hydrogens (primary N) is 1. The van der Waals surface area contributed by atoms with Crippen LogP contribution in [0.15, 0.2) is 4.79 Å². The summed E-state index contributed by atoms with van der Waals surface area (Å²) in [6.45, 7) is 3.20. The van der Waals surface area contributed by atoms with Crippen LogP contribution < -0.4 is 11.4 Å². The third-order valence-corrected chi connectivity index (χ3v) is 3.24. The van der Waals surface area contributed by atoms with E-state index in [1.54, 1.807) is 0 Å². The molecular weight excluding hydrogens is 340 g/mol. The number of carbonyl (C=O) groups excluding carboxylic acids is 3. The summed E-state index contributed by atoms with van der Waals surface area (Å²) in [5, 5.41) is 3.75. The monoisotopic (exact) mass is 358 g/mol. The third-order valence-electron chi connectivity index (χ3n) is 3.24. The van der Waals surface area contributed by atoms with Crippen molar-refractivity contribution in [2.75, 3.05) is 12.3 Å². The van der Waals surface area contributed by atoms with Crippen molar-refractivity contribution in [3.8, 4) is 0 Å². The van der Waals surface area contributed by atoms with Gasteiger partial charge < -0.3 is 24.7 Å². The van der Waals surface area contributed by atoms with Crippen molar-refractivity contribution >= 4 is 23.9 Å². The number of nitrogen functional groups attached to an aromatic ring is 1. The van der Waals surface area contributed by atoms with Gasteiger partial charge in [-0.25, -0.2) is 4.79 Å². The molecule has 1 aromatic heterocycles. The molecule has 4 atom stereocenters. The first-order valence-corrected chi connectivity index (χ1v) is 7.26. The van der Waals surface area contributed by atoms with Crippen LogP contribution >= 0.6 is 0 Å². The zero-order chi connectivity index (χ0) is 18.7. The summed E-state index contributed by atoms with van der Waals surface area (Å²) in [5.74, 6) is -2.13. The first-order valence-electron chi connectivity index (χ1n) is 7.26. The summed E-state index contributed by atoms with van der Waals surface area (Å²) in [7, 11) is 0. The third kappa shape index (κ3) is 4.35. The Hall–Kier alpha value is -2.89. The fourth-order valence-electron chi connectivity index (χ4n) is 2.42. The lowest BCUT2D eigenvalue weighted by molar-refractivity contribution is -0.166. The lowest BCUT2D eigenvalue weighted by Gasteiger charge is -2.22. The topological polar surface area (TPSA) is 165 Å². The second-order valence-corrected chi connectivity index (χ2v) is 5.28. The quantitative estimate of drug-likeness (QED) is 0.466. The SMILES string of the molecule is CC(=O)OC[C@H]1O[C@@H](n2nc(N)[nH]c2=O)[C@H](OC(C)=O)[C@@H]1OC(C)=O. The molecule has 0 amide bonds. The number of nitrogens with one attached hydrogen (secondary N) is 1. The molecule has 25 heavy (non-hydrogen) atoms. The summed E-state index contributed by atoms with van der Waals surface area (Å²) in [4.78, 5) is 48.0. The van der Waals surface area contributed by atoms with Crippen LogP contribution in [0, 0.1) is 0 Å². The van der Waals surface area contributed by atoms with Gasteiger partial charge in [-0.1, -0.05) is 0 Å². The Morgan fingerprint density at radius 2 is 1.76 bits per heavy atom. The van der Waals surface area contributed by atoms with Gasteiger partial charge >= 0.3 is 23.6 Å². The summed E-state index contributed by atoms with van der Waals surface area (Å²) in [6, 6.07) is 0. The van der Waals surface area contributed by atoms with Crippen LogP contribution in [0.1, 0.15) is 27.0 Å². The van der Waals surface area contributed by atoms with Gasteiger partial charge in [0.15, 0.2) is 18.4 Å². The fraction of sp³-hybridized carbons (Fsp3) is 0.615. The summed E-state index contributed by atoms with van der Waals surface area (Å²) in [5.41, 5.74) is 4.72. The maximum Gasteiger partial charge on any atom is 0.347 e. The average Bonchev–Trinajstić information content (AvgIpc) is 2.96. The number of H-pyrrole nitrogens is 1. The highest BCUT2D eigenvalue weighted by Crippen LogP contribution is 2.33. The Bertz CT molecular complexity index is 726. The molecule has 3 N–H and O–H groups in total. The minimum Gasteiger partial charge on any atom is -0.463 e. The van der Waals surface area contributed by atoms with Gasteiger partial charge in [0, 0.05) is 20.8 Å². The summed E-state index contributed by atoms with van der Waals surface area (Å²) < 4.78 is 21.6. The minimum atomic E-state index is -1.23. The van der Waals surface area contributed by atoms with Crippen LogP contribution in [0.5, 0.6) is 0 Å². The van der Waals surface area contributed by atoms with Crippen LogP contribution in [0.25, 0.3) is 0 Å². The highest BCUT2D eigenvalue weighted by atomic mass is 16.7. The van der Waals surface area contributed by atoms with Crippen LogP contribution in [-0.2, 0) is 33.3 Å². The van der Waals surface area contributed by atoms with E-state index in [4.69, 9.17) is 24.7 Å². The van der Waals surface area contributed by atoms with Crippen LogP contribution in [-0.4, -0.2) is 57.6 Å². The minimum absolute atomic E-state index is 0.178. The molecule has 1 fully saturated rings. The second kappa shape index (κ2) is 7.34. The number of aromatic nitrogens is 3. The molecule has 2 heterocycles. The summed E-state index contributed by atoms with van der Waals surface area (Å²) in [6.07, 6.45) is -4.51. The number of nitrogens with zero attached hydrogens (tertiary/aromatic N) is 2. The van der Waals surface area contributed by atoms with Gasteiger partial charge in [-0.2, -0.15) is 4.68 Å². The van der Waals surface area contributed by atoms with E-state index in [1.807, 2.05) is 0 Å².